The number of methoxy groups -OCH3 is 1. The van der Waals surface area contributed by atoms with Crippen molar-refractivity contribution in [2.75, 3.05) is 13.7 Å². The van der Waals surface area contributed by atoms with Gasteiger partial charge in [0.2, 0.25) is 0 Å². The van der Waals surface area contributed by atoms with Gasteiger partial charge >= 0.3 is 0 Å². The van der Waals surface area contributed by atoms with Gasteiger partial charge in [-0.1, -0.05) is 0 Å². The molecule has 0 radical (unpaired) electrons. The molecule has 3 nitrogen and oxygen atoms in total. The molecule has 0 saturated heterocycles. The van der Waals surface area contributed by atoms with Gasteiger partial charge in [-0.25, -0.2) is 0 Å². The van der Waals surface area contributed by atoms with E-state index in [0.29, 0.717) is 5.84 Å². The van der Waals surface area contributed by atoms with Crippen LogP contribution in [0, 0.1) is 0 Å². The van der Waals surface area contributed by atoms with Crippen LogP contribution in [0.1, 0.15) is 6.42 Å². The van der Waals surface area contributed by atoms with Crippen molar-refractivity contribution in [3.63, 3.8) is 0 Å². The molecule has 1 aliphatic rings. The summed E-state index contributed by atoms with van der Waals surface area (Å²) in [6.45, 7) is 0.824. The highest BCUT2D eigenvalue weighted by molar-refractivity contribution is 5.86. The molecule has 1 aliphatic heterocycles. The molecule has 1 unspecified atom stereocenters. The van der Waals surface area contributed by atoms with Crippen LogP contribution < -0.4 is 5.73 Å². The summed E-state index contributed by atoms with van der Waals surface area (Å²) in [6.07, 6.45) is 1.04. The minimum atomic E-state index is 0.0926. The summed E-state index contributed by atoms with van der Waals surface area (Å²) in [4.78, 5) is 3.96. The summed E-state index contributed by atoms with van der Waals surface area (Å²) < 4.78 is 4.97. The third-order valence-corrected chi connectivity index (χ3v) is 1.30. The summed E-state index contributed by atoms with van der Waals surface area (Å²) in [5.74, 6) is 0.646. The molecule has 0 aromatic heterocycles. The number of aliphatic imine (C=N–C) groups is 1. The van der Waals surface area contributed by atoms with Crippen molar-refractivity contribution in [2.24, 2.45) is 10.7 Å². The van der Waals surface area contributed by atoms with Gasteiger partial charge in [0.05, 0.1) is 0 Å². The number of nitrogens with two attached hydrogens (primary N) is 1. The highest BCUT2D eigenvalue weighted by Gasteiger charge is 2.15. The Bertz CT molecular complexity index is 111. The van der Waals surface area contributed by atoms with Gasteiger partial charge in [-0.15, -0.1) is 0 Å². The first-order valence-corrected chi connectivity index (χ1v) is 2.67. The monoisotopic (exact) mass is 114 g/mol. The van der Waals surface area contributed by atoms with E-state index in [-0.39, 0.29) is 6.10 Å². The fourth-order valence-electron chi connectivity index (χ4n) is 0.799. The molecule has 2 N–H and O–H groups in total. The fourth-order valence-corrected chi connectivity index (χ4v) is 0.799. The van der Waals surface area contributed by atoms with Gasteiger partial charge in [0, 0.05) is 20.1 Å². The van der Waals surface area contributed by atoms with Gasteiger partial charge in [0.1, 0.15) is 11.9 Å². The third kappa shape index (κ3) is 0.816. The molecular weight excluding hydrogens is 104 g/mol. The number of hydrogen-bond donors (Lipinski definition) is 1. The first-order chi connectivity index (χ1) is 3.84. The SMILES string of the molecule is COC1CCN=C1N. The lowest BCUT2D eigenvalue weighted by molar-refractivity contribution is 0.156. The highest BCUT2D eigenvalue weighted by Crippen LogP contribution is 2.04. The van der Waals surface area contributed by atoms with Crippen molar-refractivity contribution in [3.05, 3.63) is 0 Å². The van der Waals surface area contributed by atoms with Crippen LogP contribution in [-0.4, -0.2) is 25.6 Å². The predicted molar refractivity (Wildman–Crippen MR) is 31.9 cm³/mol. The second-order valence-electron chi connectivity index (χ2n) is 1.82. The Balaban J connectivity index is 2.46. The summed E-state index contributed by atoms with van der Waals surface area (Å²) >= 11 is 0. The van der Waals surface area contributed by atoms with Crippen LogP contribution in [0.4, 0.5) is 0 Å². The van der Waals surface area contributed by atoms with E-state index in [2.05, 4.69) is 4.99 Å². The van der Waals surface area contributed by atoms with Crippen molar-refractivity contribution in [3.8, 4) is 0 Å². The lowest BCUT2D eigenvalue weighted by Crippen LogP contribution is -2.26. The number of ether oxygens (including phenoxy) is 1. The average molecular weight is 114 g/mol. The summed E-state index contributed by atoms with van der Waals surface area (Å²) in [6, 6.07) is 0. The van der Waals surface area contributed by atoms with Crippen LogP contribution in [0.25, 0.3) is 0 Å². The number of hydrogen-bond acceptors (Lipinski definition) is 3. The molecule has 0 aromatic rings. The van der Waals surface area contributed by atoms with Gasteiger partial charge in [-0.3, -0.25) is 4.99 Å². The molecule has 0 bridgehead atoms. The molecule has 0 aliphatic carbocycles. The maximum absolute atomic E-state index is 5.41. The van der Waals surface area contributed by atoms with E-state index < -0.39 is 0 Å². The number of nitrogens with zero attached hydrogens (tertiary/aromatic N) is 1. The van der Waals surface area contributed by atoms with Crippen LogP contribution in [0.5, 0.6) is 0 Å². The largest absolute Gasteiger partial charge is 0.385 e. The van der Waals surface area contributed by atoms with Crippen LogP contribution in [0.15, 0.2) is 4.99 Å². The highest BCUT2D eigenvalue weighted by atomic mass is 16.5. The second kappa shape index (κ2) is 2.13. The Hall–Kier alpha value is -0.570. The minimum absolute atomic E-state index is 0.0926. The molecule has 46 valence electrons. The van der Waals surface area contributed by atoms with Crippen LogP contribution in [-0.2, 0) is 4.74 Å². The van der Waals surface area contributed by atoms with Crippen molar-refractivity contribution >= 4 is 5.84 Å². The maximum atomic E-state index is 5.41. The molecule has 0 amide bonds. The van der Waals surface area contributed by atoms with Gasteiger partial charge in [0.25, 0.3) is 0 Å². The molecule has 3 heteroatoms. The van der Waals surface area contributed by atoms with Crippen molar-refractivity contribution in [2.45, 2.75) is 12.5 Å². The van der Waals surface area contributed by atoms with Crippen molar-refractivity contribution < 1.29 is 4.74 Å². The Morgan fingerprint density at radius 3 is 2.88 bits per heavy atom. The predicted octanol–water partition coefficient (Wildman–Crippen LogP) is -0.238. The van der Waals surface area contributed by atoms with Crippen molar-refractivity contribution in [1.82, 2.24) is 0 Å². The Kier molecular flexibility index (Phi) is 1.48. The van der Waals surface area contributed by atoms with E-state index in [1.165, 1.54) is 0 Å². The Labute approximate surface area is 48.5 Å². The average Bonchev–Trinajstić information content (AvgIpc) is 2.14. The first kappa shape index (κ1) is 5.56. The Morgan fingerprint density at radius 2 is 2.62 bits per heavy atom. The molecule has 0 aromatic carbocycles. The van der Waals surface area contributed by atoms with E-state index in [4.69, 9.17) is 10.5 Å². The third-order valence-electron chi connectivity index (χ3n) is 1.30. The zero-order chi connectivity index (χ0) is 5.98. The van der Waals surface area contributed by atoms with E-state index in [0.717, 1.165) is 13.0 Å². The minimum Gasteiger partial charge on any atom is -0.385 e. The lowest BCUT2D eigenvalue weighted by atomic mass is 10.3. The van der Waals surface area contributed by atoms with E-state index in [1.807, 2.05) is 0 Å². The van der Waals surface area contributed by atoms with Gasteiger partial charge in [0.15, 0.2) is 0 Å². The topological polar surface area (TPSA) is 47.6 Å². The number of rotatable bonds is 1. The Morgan fingerprint density at radius 1 is 1.88 bits per heavy atom. The molecule has 0 spiro atoms. The summed E-state index contributed by atoms with van der Waals surface area (Å²) in [5, 5.41) is 0. The fraction of sp³-hybridized carbons (Fsp3) is 0.800. The summed E-state index contributed by atoms with van der Waals surface area (Å²) in [7, 11) is 1.65. The standard InChI is InChI=1S/C5H10N2O/c1-8-4-2-3-7-5(4)6/h4H,2-3H2,1H3,(H2,6,7). The smallest absolute Gasteiger partial charge is 0.123 e. The van der Waals surface area contributed by atoms with Crippen LogP contribution in [0.3, 0.4) is 0 Å². The molecule has 0 saturated carbocycles. The molecular formula is C5H10N2O. The molecule has 1 heterocycles. The van der Waals surface area contributed by atoms with Gasteiger partial charge in [-0.2, -0.15) is 0 Å². The van der Waals surface area contributed by atoms with E-state index >= 15 is 0 Å². The first-order valence-electron chi connectivity index (χ1n) is 2.67. The van der Waals surface area contributed by atoms with Crippen LogP contribution in [0.2, 0.25) is 0 Å². The van der Waals surface area contributed by atoms with Crippen molar-refractivity contribution in [1.29, 1.82) is 0 Å². The summed E-state index contributed by atoms with van der Waals surface area (Å²) in [5.41, 5.74) is 5.41. The zero-order valence-electron chi connectivity index (χ0n) is 4.92. The van der Waals surface area contributed by atoms with E-state index in [1.54, 1.807) is 7.11 Å². The second-order valence-corrected chi connectivity index (χ2v) is 1.82. The van der Waals surface area contributed by atoms with Gasteiger partial charge < -0.3 is 10.5 Å². The molecule has 1 atom stereocenters. The van der Waals surface area contributed by atoms with E-state index in [9.17, 15) is 0 Å². The number of amidine groups is 1. The lowest BCUT2D eigenvalue weighted by Gasteiger charge is -2.04. The maximum Gasteiger partial charge on any atom is 0.123 e. The normalized spacial score (nSPS) is 28.1. The zero-order valence-corrected chi connectivity index (χ0v) is 4.92. The quantitative estimate of drug-likeness (QED) is 0.511. The molecule has 8 heavy (non-hydrogen) atoms. The van der Waals surface area contributed by atoms with Crippen LogP contribution >= 0.6 is 0 Å². The van der Waals surface area contributed by atoms with Gasteiger partial charge in [-0.05, 0) is 0 Å². The molecule has 0 fully saturated rings. The molecule has 1 rings (SSSR count).